The van der Waals surface area contributed by atoms with Crippen LogP contribution in [0.3, 0.4) is 0 Å². The van der Waals surface area contributed by atoms with Crippen LogP contribution in [0, 0.1) is 0 Å². The zero-order chi connectivity index (χ0) is 14.8. The van der Waals surface area contributed by atoms with Gasteiger partial charge in [-0.3, -0.25) is 0 Å². The fourth-order valence-electron chi connectivity index (χ4n) is 2.16. The molecule has 0 fully saturated rings. The monoisotopic (exact) mass is 282 g/mol. The number of aromatic nitrogens is 3. The van der Waals surface area contributed by atoms with Crippen molar-refractivity contribution in [2.45, 2.75) is 0 Å². The van der Waals surface area contributed by atoms with Gasteiger partial charge in [-0.05, 0) is 18.2 Å². The number of anilines is 2. The summed E-state index contributed by atoms with van der Waals surface area (Å²) in [6.45, 7) is 0. The fourth-order valence-corrected chi connectivity index (χ4v) is 2.16. The van der Waals surface area contributed by atoms with E-state index in [1.807, 2.05) is 36.2 Å². The number of fused-ring (bicyclic) bond motifs is 1. The van der Waals surface area contributed by atoms with E-state index in [1.54, 1.807) is 29.2 Å². The molecule has 0 saturated heterocycles. The molecule has 0 radical (unpaired) electrons. The Morgan fingerprint density at radius 3 is 3.00 bits per heavy atom. The van der Waals surface area contributed by atoms with Gasteiger partial charge in [0.1, 0.15) is 5.52 Å². The topological polar surface area (TPSA) is 92.0 Å². The predicted octanol–water partition coefficient (Wildman–Crippen LogP) is 1.59. The molecule has 0 unspecified atom stereocenters. The Bertz CT molecular complexity index is 810. The van der Waals surface area contributed by atoms with E-state index in [2.05, 4.69) is 15.2 Å². The first-order valence-electron chi connectivity index (χ1n) is 6.31. The summed E-state index contributed by atoms with van der Waals surface area (Å²) in [5, 5.41) is 16.0. The molecule has 3 rings (SSSR count). The first-order valence-corrected chi connectivity index (χ1v) is 6.31. The molecule has 2 heterocycles. The third kappa shape index (κ3) is 2.25. The van der Waals surface area contributed by atoms with Crippen LogP contribution in [0.15, 0.2) is 54.1 Å². The summed E-state index contributed by atoms with van der Waals surface area (Å²) in [5.74, 6) is 0.840. The third-order valence-corrected chi connectivity index (χ3v) is 3.26. The number of amidine groups is 1. The summed E-state index contributed by atoms with van der Waals surface area (Å²) in [6, 6.07) is 9.27. The third-order valence-electron chi connectivity index (χ3n) is 3.26. The maximum absolute atomic E-state index is 8.77. The van der Waals surface area contributed by atoms with Crippen LogP contribution in [-0.2, 0) is 0 Å². The summed E-state index contributed by atoms with van der Waals surface area (Å²) in [5.41, 5.74) is 8.04. The highest BCUT2D eigenvalue weighted by molar-refractivity contribution is 5.98. The summed E-state index contributed by atoms with van der Waals surface area (Å²) in [6.07, 6.45) is 5.21. The number of hydrogen-bond acceptors (Lipinski definition) is 5. The average molecular weight is 282 g/mol. The highest BCUT2D eigenvalue weighted by atomic mass is 16.4. The highest BCUT2D eigenvalue weighted by Crippen LogP contribution is 2.25. The average Bonchev–Trinajstić information content (AvgIpc) is 3.02. The molecule has 0 saturated carbocycles. The van der Waals surface area contributed by atoms with Gasteiger partial charge in [-0.2, -0.15) is 5.10 Å². The second kappa shape index (κ2) is 5.12. The summed E-state index contributed by atoms with van der Waals surface area (Å²) < 4.78 is 1.76. The number of nitrogens with zero attached hydrogens (tertiary/aromatic N) is 5. The Balaban J connectivity index is 2.06. The van der Waals surface area contributed by atoms with Crippen molar-refractivity contribution < 1.29 is 5.21 Å². The summed E-state index contributed by atoms with van der Waals surface area (Å²) in [4.78, 5) is 6.33. The highest BCUT2D eigenvalue weighted by Gasteiger charge is 2.11. The van der Waals surface area contributed by atoms with Crippen molar-refractivity contribution in [1.29, 1.82) is 0 Å². The van der Waals surface area contributed by atoms with Gasteiger partial charge in [0.25, 0.3) is 0 Å². The van der Waals surface area contributed by atoms with Gasteiger partial charge in [-0.15, -0.1) is 0 Å². The Morgan fingerprint density at radius 1 is 1.33 bits per heavy atom. The van der Waals surface area contributed by atoms with E-state index in [9.17, 15) is 0 Å². The van der Waals surface area contributed by atoms with E-state index in [4.69, 9.17) is 10.9 Å². The predicted molar refractivity (Wildman–Crippen MR) is 80.0 cm³/mol. The fraction of sp³-hybridized carbons (Fsp3) is 0.0714. The number of benzene rings is 1. The van der Waals surface area contributed by atoms with E-state index in [0.29, 0.717) is 5.56 Å². The standard InChI is InChI=1S/C14H14N6O/c1-19(11-4-2-3-10(9-11)13(15)18-21)14-12-5-6-17-20(12)8-7-16-14/h2-9,21H,1H3,(H2,15,18). The first-order chi connectivity index (χ1) is 10.2. The lowest BCUT2D eigenvalue weighted by Crippen LogP contribution is -2.16. The van der Waals surface area contributed by atoms with Crippen LogP contribution >= 0.6 is 0 Å². The van der Waals surface area contributed by atoms with Crippen molar-refractivity contribution >= 4 is 22.9 Å². The smallest absolute Gasteiger partial charge is 0.170 e. The molecule has 3 aromatic rings. The molecular weight excluding hydrogens is 268 g/mol. The quantitative estimate of drug-likeness (QED) is 0.329. The van der Waals surface area contributed by atoms with Crippen molar-refractivity contribution in [3.05, 3.63) is 54.5 Å². The maximum atomic E-state index is 8.77. The van der Waals surface area contributed by atoms with Crippen molar-refractivity contribution in [2.24, 2.45) is 10.9 Å². The second-order valence-corrected chi connectivity index (χ2v) is 4.51. The van der Waals surface area contributed by atoms with Gasteiger partial charge >= 0.3 is 0 Å². The van der Waals surface area contributed by atoms with Crippen LogP contribution in [0.5, 0.6) is 0 Å². The first kappa shape index (κ1) is 12.9. The molecule has 0 aliphatic heterocycles. The van der Waals surface area contributed by atoms with Gasteiger partial charge in [-0.1, -0.05) is 17.3 Å². The summed E-state index contributed by atoms with van der Waals surface area (Å²) in [7, 11) is 1.90. The molecule has 1 aromatic carbocycles. The molecule has 0 atom stereocenters. The maximum Gasteiger partial charge on any atom is 0.170 e. The Morgan fingerprint density at radius 2 is 2.19 bits per heavy atom. The molecule has 7 nitrogen and oxygen atoms in total. The van der Waals surface area contributed by atoms with Gasteiger partial charge in [0, 0.05) is 30.7 Å². The molecular formula is C14H14N6O. The zero-order valence-electron chi connectivity index (χ0n) is 11.4. The Hall–Kier alpha value is -3.09. The van der Waals surface area contributed by atoms with Crippen LogP contribution < -0.4 is 10.6 Å². The van der Waals surface area contributed by atoms with Gasteiger partial charge in [-0.25, -0.2) is 9.50 Å². The number of rotatable bonds is 3. The molecule has 7 heteroatoms. The molecule has 106 valence electrons. The van der Waals surface area contributed by atoms with Crippen LogP contribution in [0.4, 0.5) is 11.5 Å². The van der Waals surface area contributed by atoms with Crippen LogP contribution in [0.2, 0.25) is 0 Å². The molecule has 0 amide bonds. The zero-order valence-corrected chi connectivity index (χ0v) is 11.4. The van der Waals surface area contributed by atoms with E-state index in [1.165, 1.54) is 0 Å². The van der Waals surface area contributed by atoms with Gasteiger partial charge < -0.3 is 15.8 Å². The minimum atomic E-state index is 0.0702. The molecule has 0 aliphatic carbocycles. The van der Waals surface area contributed by atoms with Gasteiger partial charge in [0.2, 0.25) is 0 Å². The van der Waals surface area contributed by atoms with Crippen LogP contribution in [0.25, 0.3) is 5.52 Å². The van der Waals surface area contributed by atoms with Crippen LogP contribution in [0.1, 0.15) is 5.56 Å². The molecule has 21 heavy (non-hydrogen) atoms. The Labute approximate surface area is 120 Å². The lowest BCUT2D eigenvalue weighted by atomic mass is 10.1. The van der Waals surface area contributed by atoms with E-state index in [-0.39, 0.29) is 5.84 Å². The van der Waals surface area contributed by atoms with Gasteiger partial charge in [0.05, 0.1) is 6.20 Å². The van der Waals surface area contributed by atoms with Gasteiger partial charge in [0.15, 0.2) is 11.7 Å². The van der Waals surface area contributed by atoms with Crippen molar-refractivity contribution in [2.75, 3.05) is 11.9 Å². The van der Waals surface area contributed by atoms with E-state index in [0.717, 1.165) is 17.0 Å². The Kier molecular flexibility index (Phi) is 3.15. The lowest BCUT2D eigenvalue weighted by Gasteiger charge is -2.19. The number of nitrogens with two attached hydrogens (primary N) is 1. The van der Waals surface area contributed by atoms with Crippen molar-refractivity contribution in [3.8, 4) is 0 Å². The molecule has 2 aromatic heterocycles. The van der Waals surface area contributed by atoms with Crippen molar-refractivity contribution in [1.82, 2.24) is 14.6 Å². The largest absolute Gasteiger partial charge is 0.409 e. The minimum Gasteiger partial charge on any atom is -0.409 e. The number of oxime groups is 1. The van der Waals surface area contributed by atoms with Crippen LogP contribution in [-0.4, -0.2) is 32.7 Å². The molecule has 0 aliphatic rings. The minimum absolute atomic E-state index is 0.0702. The lowest BCUT2D eigenvalue weighted by molar-refractivity contribution is 0.318. The summed E-state index contributed by atoms with van der Waals surface area (Å²) >= 11 is 0. The normalized spacial score (nSPS) is 11.8. The molecule has 0 bridgehead atoms. The second-order valence-electron chi connectivity index (χ2n) is 4.51. The van der Waals surface area contributed by atoms with E-state index < -0.39 is 0 Å². The molecule has 3 N–H and O–H groups in total. The number of hydrogen-bond donors (Lipinski definition) is 2. The molecule has 0 spiro atoms. The SMILES string of the molecule is CN(c1cccc(/C(N)=N/O)c1)c1nccn2nccc12. The van der Waals surface area contributed by atoms with Crippen molar-refractivity contribution in [3.63, 3.8) is 0 Å². The van der Waals surface area contributed by atoms with E-state index >= 15 is 0 Å².